The number of aromatic nitrogens is 2. The summed E-state index contributed by atoms with van der Waals surface area (Å²) < 4.78 is 37.1. The first-order valence-electron chi connectivity index (χ1n) is 4.88. The lowest BCUT2D eigenvalue weighted by atomic mass is 10.5. The van der Waals surface area contributed by atoms with Crippen molar-refractivity contribution in [1.82, 2.24) is 14.9 Å². The third kappa shape index (κ3) is 3.43. The molecule has 92 valence electrons. The Kier molecular flexibility index (Phi) is 3.30. The highest BCUT2D eigenvalue weighted by Crippen LogP contribution is 2.13. The van der Waals surface area contributed by atoms with Crippen molar-refractivity contribution < 1.29 is 18.0 Å². The number of pyridine rings is 1. The molecular formula is C10H10F3N3O. The van der Waals surface area contributed by atoms with Crippen molar-refractivity contribution in [2.75, 3.05) is 6.61 Å². The van der Waals surface area contributed by atoms with Crippen LogP contribution < -0.4 is 5.48 Å². The van der Waals surface area contributed by atoms with Gasteiger partial charge in [0.1, 0.15) is 5.65 Å². The Morgan fingerprint density at radius 3 is 2.88 bits per heavy atom. The number of halogens is 3. The van der Waals surface area contributed by atoms with Gasteiger partial charge in [0.05, 0.1) is 12.2 Å². The van der Waals surface area contributed by atoms with Crippen molar-refractivity contribution in [3.63, 3.8) is 0 Å². The van der Waals surface area contributed by atoms with Gasteiger partial charge >= 0.3 is 6.18 Å². The van der Waals surface area contributed by atoms with Crippen molar-refractivity contribution in [2.45, 2.75) is 12.7 Å². The summed E-state index contributed by atoms with van der Waals surface area (Å²) in [6.07, 6.45) is -0.798. The molecule has 0 aliphatic carbocycles. The number of nitrogens with one attached hydrogen (secondary N) is 1. The maximum atomic E-state index is 11.8. The Balaban J connectivity index is 1.87. The van der Waals surface area contributed by atoms with Gasteiger partial charge in [-0.05, 0) is 12.1 Å². The van der Waals surface area contributed by atoms with Crippen LogP contribution in [0.5, 0.6) is 0 Å². The zero-order chi connectivity index (χ0) is 12.3. The first kappa shape index (κ1) is 11.9. The van der Waals surface area contributed by atoms with Crippen molar-refractivity contribution in [3.05, 3.63) is 36.3 Å². The van der Waals surface area contributed by atoms with Gasteiger partial charge in [-0.2, -0.15) is 18.7 Å². The van der Waals surface area contributed by atoms with E-state index in [1.165, 1.54) is 0 Å². The average Bonchev–Trinajstić information content (AvgIpc) is 2.65. The van der Waals surface area contributed by atoms with Crippen LogP contribution in [0.1, 0.15) is 5.69 Å². The fraction of sp³-hybridized carbons (Fsp3) is 0.300. The Hall–Kier alpha value is -1.60. The molecule has 2 aromatic heterocycles. The van der Waals surface area contributed by atoms with Gasteiger partial charge in [-0.3, -0.25) is 4.84 Å². The van der Waals surface area contributed by atoms with Crippen molar-refractivity contribution >= 4 is 5.65 Å². The molecule has 2 heterocycles. The number of hydroxylamine groups is 1. The highest BCUT2D eigenvalue weighted by Gasteiger charge is 2.27. The van der Waals surface area contributed by atoms with E-state index in [0.29, 0.717) is 5.69 Å². The number of imidazole rings is 1. The lowest BCUT2D eigenvalue weighted by Crippen LogP contribution is -2.24. The minimum atomic E-state index is -4.33. The van der Waals surface area contributed by atoms with Crippen LogP contribution in [0.3, 0.4) is 0 Å². The molecule has 0 atom stereocenters. The van der Waals surface area contributed by atoms with E-state index in [2.05, 4.69) is 15.3 Å². The van der Waals surface area contributed by atoms with Crippen LogP contribution in [0.2, 0.25) is 0 Å². The summed E-state index contributed by atoms with van der Waals surface area (Å²) in [6.45, 7) is -1.20. The standard InChI is InChI=1S/C10H10F3N3O/c11-10(12,13)7-17-14-5-8-6-16-4-2-1-3-9(16)15-8/h1-4,6,14H,5,7H2. The molecule has 0 aliphatic heterocycles. The van der Waals surface area contributed by atoms with Crippen LogP contribution >= 0.6 is 0 Å². The van der Waals surface area contributed by atoms with E-state index in [-0.39, 0.29) is 6.54 Å². The molecule has 1 N–H and O–H groups in total. The highest BCUT2D eigenvalue weighted by atomic mass is 19.4. The minimum Gasteiger partial charge on any atom is -0.307 e. The van der Waals surface area contributed by atoms with Gasteiger partial charge in [0.15, 0.2) is 6.61 Å². The van der Waals surface area contributed by atoms with Crippen LogP contribution in [0.15, 0.2) is 30.6 Å². The number of hydrogen-bond donors (Lipinski definition) is 1. The minimum absolute atomic E-state index is 0.123. The maximum Gasteiger partial charge on any atom is 0.413 e. The first-order valence-corrected chi connectivity index (χ1v) is 4.88. The van der Waals surface area contributed by atoms with Gasteiger partial charge in [0, 0.05) is 12.4 Å². The maximum absolute atomic E-state index is 11.8. The third-order valence-corrected chi connectivity index (χ3v) is 2.01. The Bertz CT molecular complexity index is 462. The van der Waals surface area contributed by atoms with Gasteiger partial charge in [-0.15, -0.1) is 0 Å². The first-order chi connectivity index (χ1) is 8.04. The lowest BCUT2D eigenvalue weighted by Gasteiger charge is -2.06. The van der Waals surface area contributed by atoms with Crippen LogP contribution in [-0.4, -0.2) is 22.2 Å². The second-order valence-corrected chi connectivity index (χ2v) is 3.42. The molecule has 0 saturated carbocycles. The van der Waals surface area contributed by atoms with E-state index in [9.17, 15) is 13.2 Å². The molecule has 0 amide bonds. The molecule has 7 heteroatoms. The van der Waals surface area contributed by atoms with E-state index in [0.717, 1.165) is 5.65 Å². The molecule has 2 aromatic rings. The van der Waals surface area contributed by atoms with Gasteiger partial charge in [0.2, 0.25) is 0 Å². The summed E-state index contributed by atoms with van der Waals surface area (Å²) in [5, 5.41) is 0. The molecule has 4 nitrogen and oxygen atoms in total. The Morgan fingerprint density at radius 2 is 2.18 bits per heavy atom. The smallest absolute Gasteiger partial charge is 0.307 e. The molecule has 0 fully saturated rings. The predicted octanol–water partition coefficient (Wildman–Crippen LogP) is 1.92. The Labute approximate surface area is 95.0 Å². The molecule has 0 spiro atoms. The molecule has 17 heavy (non-hydrogen) atoms. The normalized spacial score (nSPS) is 12.2. The van der Waals surface area contributed by atoms with Crippen molar-refractivity contribution in [3.8, 4) is 0 Å². The van der Waals surface area contributed by atoms with Crippen LogP contribution in [0.4, 0.5) is 13.2 Å². The van der Waals surface area contributed by atoms with Crippen LogP contribution in [-0.2, 0) is 11.4 Å². The van der Waals surface area contributed by atoms with Gasteiger partial charge in [-0.25, -0.2) is 4.98 Å². The lowest BCUT2D eigenvalue weighted by molar-refractivity contribution is -0.190. The molecule has 0 bridgehead atoms. The number of nitrogens with zero attached hydrogens (tertiary/aromatic N) is 2. The van der Waals surface area contributed by atoms with Gasteiger partial charge in [-0.1, -0.05) is 6.07 Å². The fourth-order valence-corrected chi connectivity index (χ4v) is 1.33. The zero-order valence-electron chi connectivity index (χ0n) is 8.74. The van der Waals surface area contributed by atoms with E-state index in [1.807, 2.05) is 18.3 Å². The van der Waals surface area contributed by atoms with E-state index < -0.39 is 12.8 Å². The monoisotopic (exact) mass is 245 g/mol. The summed E-state index contributed by atoms with van der Waals surface area (Å²) in [5.74, 6) is 0. The number of rotatable bonds is 4. The summed E-state index contributed by atoms with van der Waals surface area (Å²) in [6, 6.07) is 5.48. The summed E-state index contributed by atoms with van der Waals surface area (Å²) in [7, 11) is 0. The average molecular weight is 245 g/mol. The second-order valence-electron chi connectivity index (χ2n) is 3.42. The van der Waals surface area contributed by atoms with Crippen molar-refractivity contribution in [2.24, 2.45) is 0 Å². The number of fused-ring (bicyclic) bond motifs is 1. The summed E-state index contributed by atoms with van der Waals surface area (Å²) >= 11 is 0. The van der Waals surface area contributed by atoms with Crippen molar-refractivity contribution in [1.29, 1.82) is 0 Å². The van der Waals surface area contributed by atoms with Crippen LogP contribution in [0.25, 0.3) is 5.65 Å². The van der Waals surface area contributed by atoms with E-state index in [4.69, 9.17) is 0 Å². The second kappa shape index (κ2) is 4.72. The molecule has 0 saturated heterocycles. The van der Waals surface area contributed by atoms with Gasteiger partial charge in [0.25, 0.3) is 0 Å². The highest BCUT2D eigenvalue weighted by molar-refractivity contribution is 5.39. The van der Waals surface area contributed by atoms with Crippen LogP contribution in [0, 0.1) is 0 Å². The largest absolute Gasteiger partial charge is 0.413 e. The van der Waals surface area contributed by atoms with E-state index >= 15 is 0 Å². The fourth-order valence-electron chi connectivity index (χ4n) is 1.33. The molecular weight excluding hydrogens is 235 g/mol. The topological polar surface area (TPSA) is 38.6 Å². The molecule has 0 aliphatic rings. The number of hydrogen-bond acceptors (Lipinski definition) is 3. The summed E-state index contributed by atoms with van der Waals surface area (Å²) in [5.41, 5.74) is 3.57. The van der Waals surface area contributed by atoms with E-state index in [1.54, 1.807) is 16.7 Å². The zero-order valence-corrected chi connectivity index (χ0v) is 8.74. The molecule has 0 aromatic carbocycles. The quantitative estimate of drug-likeness (QED) is 0.660. The molecule has 2 rings (SSSR count). The summed E-state index contributed by atoms with van der Waals surface area (Å²) in [4.78, 5) is 8.46. The number of alkyl halides is 3. The predicted molar refractivity (Wildman–Crippen MR) is 54.0 cm³/mol. The Morgan fingerprint density at radius 1 is 1.35 bits per heavy atom. The molecule has 0 unspecified atom stereocenters. The third-order valence-electron chi connectivity index (χ3n) is 2.01. The SMILES string of the molecule is FC(F)(F)CONCc1cn2ccccc2n1. The van der Waals surface area contributed by atoms with Gasteiger partial charge < -0.3 is 4.40 Å². The molecule has 0 radical (unpaired) electrons.